The number of anilines is 1. The zero-order valence-electron chi connectivity index (χ0n) is 15.4. The van der Waals surface area contributed by atoms with Crippen LogP contribution >= 0.6 is 0 Å². The molecule has 0 bridgehead atoms. The molecule has 0 saturated carbocycles. The molecule has 0 unspecified atom stereocenters. The summed E-state index contributed by atoms with van der Waals surface area (Å²) in [6.07, 6.45) is 0. The second kappa shape index (κ2) is 7.21. The van der Waals surface area contributed by atoms with Crippen LogP contribution in [0.2, 0.25) is 0 Å². The van der Waals surface area contributed by atoms with Crippen molar-refractivity contribution in [3.63, 3.8) is 0 Å². The molecule has 7 nitrogen and oxygen atoms in total. The molecule has 7 heteroatoms. The zero-order valence-corrected chi connectivity index (χ0v) is 15.4. The first-order valence-corrected chi connectivity index (χ1v) is 8.36. The number of nitrogens with zero attached hydrogens (tertiary/aromatic N) is 2. The molecule has 0 spiro atoms. The van der Waals surface area contributed by atoms with Gasteiger partial charge in [-0.05, 0) is 38.1 Å². The second-order valence-corrected chi connectivity index (χ2v) is 5.99. The quantitative estimate of drug-likeness (QED) is 0.782. The highest BCUT2D eigenvalue weighted by Crippen LogP contribution is 2.30. The number of carbonyl (C=O) groups excluding carboxylic acids is 2. The van der Waals surface area contributed by atoms with Crippen molar-refractivity contribution in [2.45, 2.75) is 20.4 Å². The summed E-state index contributed by atoms with van der Waals surface area (Å²) < 4.78 is 17.4. The van der Waals surface area contributed by atoms with E-state index in [9.17, 15) is 9.59 Å². The van der Waals surface area contributed by atoms with Crippen molar-refractivity contribution < 1.29 is 23.8 Å². The third kappa shape index (κ3) is 2.94. The van der Waals surface area contributed by atoms with Crippen LogP contribution < -0.4 is 4.90 Å². The standard InChI is InChI=1S/C19H22N2O5/c1-5-20-12(2)8-13-9-14(6-7-16(13)20)21-11-26-10-15(18(22)24-3)17(21)19(23)25-4/h6-9H,5,10-11H2,1-4H3. The van der Waals surface area contributed by atoms with Crippen LogP contribution in [0.15, 0.2) is 35.5 Å². The van der Waals surface area contributed by atoms with Crippen molar-refractivity contribution in [2.24, 2.45) is 0 Å². The summed E-state index contributed by atoms with van der Waals surface area (Å²) in [4.78, 5) is 26.1. The van der Waals surface area contributed by atoms with Crippen LogP contribution in [0, 0.1) is 6.92 Å². The molecule has 1 aromatic heterocycles. The van der Waals surface area contributed by atoms with Crippen LogP contribution in [0.3, 0.4) is 0 Å². The van der Waals surface area contributed by atoms with Crippen molar-refractivity contribution in [1.29, 1.82) is 0 Å². The molecule has 138 valence electrons. The van der Waals surface area contributed by atoms with Crippen LogP contribution in [-0.2, 0) is 30.3 Å². The van der Waals surface area contributed by atoms with Crippen LogP contribution in [0.4, 0.5) is 5.69 Å². The normalized spacial score (nSPS) is 14.7. The Morgan fingerprint density at radius 2 is 1.88 bits per heavy atom. The number of esters is 2. The van der Waals surface area contributed by atoms with Gasteiger partial charge in [-0.2, -0.15) is 0 Å². The Morgan fingerprint density at radius 3 is 2.54 bits per heavy atom. The van der Waals surface area contributed by atoms with Gasteiger partial charge in [0.05, 0.1) is 26.4 Å². The van der Waals surface area contributed by atoms with Crippen molar-refractivity contribution >= 4 is 28.5 Å². The molecule has 0 amide bonds. The van der Waals surface area contributed by atoms with E-state index in [1.54, 1.807) is 4.90 Å². The van der Waals surface area contributed by atoms with Gasteiger partial charge in [-0.1, -0.05) is 0 Å². The maximum absolute atomic E-state index is 12.4. The van der Waals surface area contributed by atoms with Crippen LogP contribution in [0.1, 0.15) is 12.6 Å². The number of methoxy groups -OCH3 is 2. The molecule has 0 fully saturated rings. The van der Waals surface area contributed by atoms with Crippen molar-refractivity contribution in [3.05, 3.63) is 41.2 Å². The molecule has 0 atom stereocenters. The van der Waals surface area contributed by atoms with Crippen molar-refractivity contribution in [1.82, 2.24) is 4.57 Å². The van der Waals surface area contributed by atoms with E-state index in [4.69, 9.17) is 14.2 Å². The van der Waals surface area contributed by atoms with Gasteiger partial charge in [-0.3, -0.25) is 0 Å². The molecule has 1 aromatic carbocycles. The fourth-order valence-corrected chi connectivity index (χ4v) is 3.33. The largest absolute Gasteiger partial charge is 0.466 e. The summed E-state index contributed by atoms with van der Waals surface area (Å²) in [6, 6.07) is 7.97. The molecular weight excluding hydrogens is 336 g/mol. The van der Waals surface area contributed by atoms with Gasteiger partial charge in [0.25, 0.3) is 0 Å². The number of fused-ring (bicyclic) bond motifs is 1. The van der Waals surface area contributed by atoms with Gasteiger partial charge in [0.1, 0.15) is 12.4 Å². The van der Waals surface area contributed by atoms with E-state index in [0.29, 0.717) is 0 Å². The summed E-state index contributed by atoms with van der Waals surface area (Å²) in [5.74, 6) is -1.21. The molecule has 3 rings (SSSR count). The van der Waals surface area contributed by atoms with E-state index >= 15 is 0 Å². The molecule has 0 aliphatic carbocycles. The SMILES string of the molecule is CCn1c(C)cc2cc(N3COCC(C(=O)OC)=C3C(=O)OC)ccc21. The lowest BCUT2D eigenvalue weighted by Gasteiger charge is -2.31. The molecule has 26 heavy (non-hydrogen) atoms. The third-order valence-electron chi connectivity index (χ3n) is 4.55. The van der Waals surface area contributed by atoms with E-state index in [0.717, 1.165) is 28.8 Å². The van der Waals surface area contributed by atoms with Crippen molar-refractivity contribution in [3.8, 4) is 0 Å². The number of aryl methyl sites for hydroxylation is 2. The monoisotopic (exact) mass is 358 g/mol. The predicted molar refractivity (Wildman–Crippen MR) is 96.7 cm³/mol. The van der Waals surface area contributed by atoms with Crippen LogP contribution in [-0.4, -0.2) is 44.1 Å². The lowest BCUT2D eigenvalue weighted by molar-refractivity contribution is -0.140. The summed E-state index contributed by atoms with van der Waals surface area (Å²) in [5.41, 5.74) is 3.31. The van der Waals surface area contributed by atoms with Crippen LogP contribution in [0.25, 0.3) is 10.9 Å². The Balaban J connectivity index is 2.12. The summed E-state index contributed by atoms with van der Waals surface area (Å²) in [5, 5.41) is 1.05. The van der Waals surface area contributed by atoms with E-state index < -0.39 is 11.9 Å². The number of ether oxygens (including phenoxy) is 3. The Labute approximate surface area is 151 Å². The maximum Gasteiger partial charge on any atom is 0.355 e. The van der Waals surface area contributed by atoms with Gasteiger partial charge in [0.2, 0.25) is 0 Å². The number of carbonyl (C=O) groups is 2. The first kappa shape index (κ1) is 18.0. The van der Waals surface area contributed by atoms with Gasteiger partial charge < -0.3 is 23.7 Å². The Kier molecular flexibility index (Phi) is 4.99. The highest BCUT2D eigenvalue weighted by atomic mass is 16.5. The summed E-state index contributed by atoms with van der Waals surface area (Å²) in [6.45, 7) is 5.17. The Bertz CT molecular complexity index is 897. The molecule has 0 radical (unpaired) electrons. The van der Waals surface area contributed by atoms with E-state index in [2.05, 4.69) is 24.5 Å². The molecule has 2 heterocycles. The lowest BCUT2D eigenvalue weighted by Crippen LogP contribution is -2.38. The van der Waals surface area contributed by atoms with Gasteiger partial charge in [0, 0.05) is 28.8 Å². The van der Waals surface area contributed by atoms with Crippen LogP contribution in [0.5, 0.6) is 0 Å². The summed E-state index contributed by atoms with van der Waals surface area (Å²) in [7, 11) is 2.55. The fourth-order valence-electron chi connectivity index (χ4n) is 3.33. The topological polar surface area (TPSA) is 70.0 Å². The minimum Gasteiger partial charge on any atom is -0.466 e. The molecule has 2 aromatic rings. The number of hydrogen-bond donors (Lipinski definition) is 0. The fraction of sp³-hybridized carbons (Fsp3) is 0.368. The molecule has 1 aliphatic heterocycles. The Hall–Kier alpha value is -2.80. The lowest BCUT2D eigenvalue weighted by atomic mass is 10.1. The van der Waals surface area contributed by atoms with E-state index in [1.165, 1.54) is 14.2 Å². The minimum absolute atomic E-state index is 0.00116. The van der Waals surface area contributed by atoms with Gasteiger partial charge in [-0.25, -0.2) is 9.59 Å². The highest BCUT2D eigenvalue weighted by molar-refractivity contribution is 6.03. The molecular formula is C19H22N2O5. The van der Waals surface area contributed by atoms with Crippen molar-refractivity contribution in [2.75, 3.05) is 32.5 Å². The maximum atomic E-state index is 12.4. The predicted octanol–water partition coefficient (Wildman–Crippen LogP) is 2.36. The van der Waals surface area contributed by atoms with Gasteiger partial charge in [0.15, 0.2) is 0 Å². The molecule has 1 aliphatic rings. The smallest absolute Gasteiger partial charge is 0.355 e. The highest BCUT2D eigenvalue weighted by Gasteiger charge is 2.32. The Morgan fingerprint density at radius 1 is 1.15 bits per heavy atom. The zero-order chi connectivity index (χ0) is 18.8. The van der Waals surface area contributed by atoms with E-state index in [1.807, 2.05) is 18.2 Å². The second-order valence-electron chi connectivity index (χ2n) is 5.99. The number of benzene rings is 1. The average Bonchev–Trinajstić information content (AvgIpc) is 2.99. The van der Waals surface area contributed by atoms with E-state index in [-0.39, 0.29) is 24.6 Å². The first-order valence-electron chi connectivity index (χ1n) is 8.36. The number of rotatable bonds is 4. The molecule has 0 saturated heterocycles. The summed E-state index contributed by atoms with van der Waals surface area (Å²) >= 11 is 0. The third-order valence-corrected chi connectivity index (χ3v) is 4.55. The number of hydrogen-bond acceptors (Lipinski definition) is 6. The average molecular weight is 358 g/mol. The first-order chi connectivity index (χ1) is 12.5. The minimum atomic E-state index is -0.607. The van der Waals surface area contributed by atoms with Gasteiger partial charge in [-0.15, -0.1) is 0 Å². The molecule has 0 N–H and O–H groups in total. The van der Waals surface area contributed by atoms with Gasteiger partial charge >= 0.3 is 11.9 Å². The number of aromatic nitrogens is 1.